The molecule has 284 valence electrons. The Morgan fingerprint density at radius 2 is 1.57 bits per heavy atom. The molecule has 1 aromatic heterocycles. The van der Waals surface area contributed by atoms with Gasteiger partial charge in [-0.05, 0) is 67.1 Å². The monoisotopic (exact) mass is 742 g/mol. The molecular formula is C37H42F4N6O6. The van der Waals surface area contributed by atoms with Crippen LogP contribution >= 0.6 is 0 Å². The Bertz CT molecular complexity index is 1840. The molecule has 0 radical (unpaired) electrons. The van der Waals surface area contributed by atoms with Gasteiger partial charge in [-0.3, -0.25) is 9.59 Å². The van der Waals surface area contributed by atoms with Crippen LogP contribution in [0, 0.1) is 12.7 Å². The molecule has 53 heavy (non-hydrogen) atoms. The summed E-state index contributed by atoms with van der Waals surface area (Å²) in [5, 5.41) is 11.4. The van der Waals surface area contributed by atoms with Crippen molar-refractivity contribution < 1.29 is 46.1 Å². The molecule has 0 saturated carbocycles. The zero-order chi connectivity index (χ0) is 38.2. The van der Waals surface area contributed by atoms with Crippen molar-refractivity contribution in [2.75, 3.05) is 81.1 Å². The van der Waals surface area contributed by atoms with Crippen molar-refractivity contribution in [3.05, 3.63) is 95.1 Å². The molecule has 1 aliphatic heterocycles. The molecule has 0 saturated heterocycles. The molecule has 4 aromatic rings. The maximum Gasteiger partial charge on any atom is 0.416 e. The van der Waals surface area contributed by atoms with Crippen molar-refractivity contribution in [1.29, 1.82) is 0 Å². The van der Waals surface area contributed by atoms with Crippen LogP contribution in [0.5, 0.6) is 5.75 Å². The summed E-state index contributed by atoms with van der Waals surface area (Å²) < 4.78 is 73.0. The summed E-state index contributed by atoms with van der Waals surface area (Å²) in [6.07, 6.45) is -0.928. The van der Waals surface area contributed by atoms with Crippen LogP contribution in [0.4, 0.5) is 46.0 Å². The van der Waals surface area contributed by atoms with Gasteiger partial charge < -0.3 is 50.9 Å². The third kappa shape index (κ3) is 12.1. The number of benzene rings is 3. The van der Waals surface area contributed by atoms with Crippen molar-refractivity contribution in [3.63, 3.8) is 0 Å². The predicted molar refractivity (Wildman–Crippen MR) is 196 cm³/mol. The van der Waals surface area contributed by atoms with Crippen LogP contribution in [0.1, 0.15) is 22.4 Å². The second-order valence-corrected chi connectivity index (χ2v) is 11.4. The van der Waals surface area contributed by atoms with E-state index in [1.807, 2.05) is 61.0 Å². The first-order chi connectivity index (χ1) is 25.5. The third-order valence-corrected chi connectivity index (χ3v) is 7.60. The van der Waals surface area contributed by atoms with Gasteiger partial charge in [-0.1, -0.05) is 12.1 Å². The SMILES string of the molecule is CNc1ccc(C)c(Nc2ccc3c(c2)NC(=O)/C3=C\c2ccc[nH]2)c1.NCCOCCOCCOCCOc1cc(C(F)(F)F)cc(NC=O)c1F. The number of aromatic nitrogens is 1. The summed E-state index contributed by atoms with van der Waals surface area (Å²) in [6.45, 7) is 4.08. The number of aromatic amines is 1. The molecule has 1 aliphatic rings. The lowest BCUT2D eigenvalue weighted by atomic mass is 10.1. The van der Waals surface area contributed by atoms with Gasteiger partial charge in [-0.15, -0.1) is 0 Å². The smallest absolute Gasteiger partial charge is 0.416 e. The summed E-state index contributed by atoms with van der Waals surface area (Å²) in [6, 6.07) is 17.0. The van der Waals surface area contributed by atoms with Gasteiger partial charge in [-0.25, -0.2) is 4.39 Å². The van der Waals surface area contributed by atoms with Crippen molar-refractivity contribution in [2.45, 2.75) is 13.1 Å². The molecule has 12 nitrogen and oxygen atoms in total. The number of halogens is 4. The van der Waals surface area contributed by atoms with Crippen LogP contribution in [-0.2, 0) is 30.0 Å². The molecule has 0 fully saturated rings. The van der Waals surface area contributed by atoms with E-state index in [1.165, 1.54) is 0 Å². The predicted octanol–water partition coefficient (Wildman–Crippen LogP) is 6.40. The molecule has 0 bridgehead atoms. The molecule has 3 aromatic carbocycles. The molecule has 7 N–H and O–H groups in total. The minimum atomic E-state index is -4.72. The minimum Gasteiger partial charge on any atom is -0.488 e. The van der Waals surface area contributed by atoms with Crippen molar-refractivity contribution >= 4 is 52.4 Å². The van der Waals surface area contributed by atoms with Gasteiger partial charge in [0.05, 0.1) is 62.2 Å². The largest absolute Gasteiger partial charge is 0.488 e. The quantitative estimate of drug-likeness (QED) is 0.0293. The zero-order valence-corrected chi connectivity index (χ0v) is 29.2. The fourth-order valence-corrected chi connectivity index (χ4v) is 4.94. The second-order valence-electron chi connectivity index (χ2n) is 11.4. The highest BCUT2D eigenvalue weighted by molar-refractivity contribution is 6.35. The van der Waals surface area contributed by atoms with Gasteiger partial charge in [0, 0.05) is 48.1 Å². The van der Waals surface area contributed by atoms with E-state index in [2.05, 4.69) is 40.0 Å². The van der Waals surface area contributed by atoms with E-state index < -0.39 is 29.0 Å². The van der Waals surface area contributed by atoms with E-state index in [0.717, 1.165) is 39.6 Å². The average Bonchev–Trinajstić information content (AvgIpc) is 3.76. The number of nitrogens with two attached hydrogens (primary N) is 1. The van der Waals surface area contributed by atoms with Crippen LogP contribution in [0.3, 0.4) is 0 Å². The van der Waals surface area contributed by atoms with Gasteiger partial charge in [-0.2, -0.15) is 13.2 Å². The van der Waals surface area contributed by atoms with Crippen LogP contribution < -0.4 is 31.7 Å². The Labute approximate surface area is 304 Å². The van der Waals surface area contributed by atoms with Gasteiger partial charge in [0.15, 0.2) is 11.6 Å². The molecular weight excluding hydrogens is 700 g/mol. The van der Waals surface area contributed by atoms with Crippen LogP contribution in [0.2, 0.25) is 0 Å². The number of nitrogens with one attached hydrogen (secondary N) is 5. The van der Waals surface area contributed by atoms with Gasteiger partial charge in [0.1, 0.15) is 6.61 Å². The Balaban J connectivity index is 0.000000237. The van der Waals surface area contributed by atoms with Crippen LogP contribution in [0.25, 0.3) is 11.6 Å². The average molecular weight is 743 g/mol. The lowest BCUT2D eigenvalue weighted by Gasteiger charge is -2.14. The van der Waals surface area contributed by atoms with E-state index in [0.29, 0.717) is 44.1 Å². The molecule has 0 atom stereocenters. The van der Waals surface area contributed by atoms with E-state index >= 15 is 0 Å². The number of carbonyl (C=O) groups is 2. The highest BCUT2D eigenvalue weighted by Gasteiger charge is 2.33. The molecule has 5 rings (SSSR count). The first-order valence-corrected chi connectivity index (χ1v) is 16.6. The van der Waals surface area contributed by atoms with E-state index in [-0.39, 0.29) is 38.7 Å². The Kier molecular flexibility index (Phi) is 15.2. The number of hydrogen-bond acceptors (Lipinski definition) is 9. The van der Waals surface area contributed by atoms with Crippen molar-refractivity contribution in [3.8, 4) is 5.75 Å². The molecule has 0 spiro atoms. The summed E-state index contributed by atoms with van der Waals surface area (Å²) in [4.78, 5) is 25.9. The van der Waals surface area contributed by atoms with Crippen molar-refractivity contribution in [2.24, 2.45) is 5.73 Å². The molecule has 16 heteroatoms. The summed E-state index contributed by atoms with van der Waals surface area (Å²) >= 11 is 0. The normalized spacial score (nSPS) is 12.8. The number of fused-ring (bicyclic) bond motifs is 1. The Hall–Kier alpha value is -5.42. The van der Waals surface area contributed by atoms with Crippen molar-refractivity contribution in [1.82, 2.24) is 4.98 Å². The summed E-state index contributed by atoms with van der Waals surface area (Å²) in [5.41, 5.74) is 10.9. The number of aryl methyl sites for hydroxylation is 1. The number of hydrogen-bond donors (Lipinski definition) is 6. The molecule has 2 amide bonds. The summed E-state index contributed by atoms with van der Waals surface area (Å²) in [5.74, 6) is -1.82. The second kappa shape index (κ2) is 20.0. The van der Waals surface area contributed by atoms with Crippen LogP contribution in [-0.4, -0.2) is 77.1 Å². The topological polar surface area (TPSA) is 161 Å². The van der Waals surface area contributed by atoms with E-state index in [1.54, 1.807) is 0 Å². The van der Waals surface area contributed by atoms with E-state index in [4.69, 9.17) is 24.7 Å². The first-order valence-electron chi connectivity index (χ1n) is 16.6. The first kappa shape index (κ1) is 40.4. The number of amides is 2. The Morgan fingerprint density at radius 1 is 0.868 bits per heavy atom. The van der Waals surface area contributed by atoms with E-state index in [9.17, 15) is 27.2 Å². The fourth-order valence-electron chi connectivity index (χ4n) is 4.94. The third-order valence-electron chi connectivity index (χ3n) is 7.60. The molecule has 0 aliphatic carbocycles. The lowest BCUT2D eigenvalue weighted by Crippen LogP contribution is -2.15. The number of alkyl halides is 3. The molecule has 2 heterocycles. The maximum absolute atomic E-state index is 14.0. The van der Waals surface area contributed by atoms with Gasteiger partial charge >= 0.3 is 6.18 Å². The standard InChI is InChI=1S/C21H20N4O.C16H22F4N2O5/c1-13-5-6-14(22-2)11-19(13)24-16-7-8-17-18(10-15-4-3-9-23-15)21(26)25-20(17)12-16;17-15-13(22-11-23)9-12(16(18,19)20)10-14(15)27-8-7-26-6-5-25-4-3-24-2-1-21/h3-12,22-24H,1-2H3,(H,25,26);9-11H,1-8,21H2,(H,22,23)/b18-10-;. The lowest BCUT2D eigenvalue weighted by molar-refractivity contribution is -0.137. The van der Waals surface area contributed by atoms with Gasteiger partial charge in [0.25, 0.3) is 5.91 Å². The summed E-state index contributed by atoms with van der Waals surface area (Å²) in [7, 11) is 1.90. The zero-order valence-electron chi connectivity index (χ0n) is 29.2. The number of rotatable bonds is 18. The number of carbonyl (C=O) groups excluding carboxylic acids is 2. The molecule has 0 unspecified atom stereocenters. The number of ether oxygens (including phenoxy) is 4. The van der Waals surface area contributed by atoms with Crippen LogP contribution in [0.15, 0.2) is 66.9 Å². The Morgan fingerprint density at radius 3 is 2.21 bits per heavy atom. The number of H-pyrrole nitrogens is 1. The maximum atomic E-state index is 14.0. The highest BCUT2D eigenvalue weighted by atomic mass is 19.4. The van der Waals surface area contributed by atoms with Gasteiger partial charge in [0.2, 0.25) is 6.41 Å². The minimum absolute atomic E-state index is 0.0131. The number of anilines is 5. The highest BCUT2D eigenvalue weighted by Crippen LogP contribution is 2.37. The fraction of sp³-hybridized carbons (Fsp3) is 0.297.